The minimum Gasteiger partial charge on any atom is -0.360 e. The summed E-state index contributed by atoms with van der Waals surface area (Å²) in [6, 6.07) is 9.82. The molecule has 3 heterocycles. The van der Waals surface area contributed by atoms with Gasteiger partial charge in [-0.25, -0.2) is 14.4 Å². The van der Waals surface area contributed by atoms with Crippen molar-refractivity contribution in [2.75, 3.05) is 5.32 Å². The summed E-state index contributed by atoms with van der Waals surface area (Å²) in [5, 5.41) is 14.7. The Morgan fingerprint density at radius 3 is 2.68 bits per heavy atom. The lowest BCUT2D eigenvalue weighted by molar-refractivity contribution is 0.628. The van der Waals surface area contributed by atoms with E-state index >= 15 is 0 Å². The number of rotatable bonds is 4. The van der Waals surface area contributed by atoms with Crippen LogP contribution in [-0.2, 0) is 0 Å². The minimum absolute atomic E-state index is 0.124. The SMILES string of the molecule is Cc1nc([C@H](C)Nc2cc(-c3ccc(F)cc3)nc3ccnn23)n[nH]1. The lowest BCUT2D eigenvalue weighted by Gasteiger charge is -2.14. The van der Waals surface area contributed by atoms with Gasteiger partial charge in [-0.3, -0.25) is 5.10 Å². The Kier molecular flexibility index (Phi) is 3.64. The molecule has 3 aromatic heterocycles. The highest BCUT2D eigenvalue weighted by Crippen LogP contribution is 2.24. The summed E-state index contributed by atoms with van der Waals surface area (Å²) in [5.41, 5.74) is 2.26. The molecule has 1 aromatic carbocycles. The zero-order valence-electron chi connectivity index (χ0n) is 13.7. The highest BCUT2D eigenvalue weighted by molar-refractivity contribution is 5.66. The summed E-state index contributed by atoms with van der Waals surface area (Å²) in [5.74, 6) is 1.90. The van der Waals surface area contributed by atoms with Crippen LogP contribution in [0.5, 0.6) is 0 Å². The van der Waals surface area contributed by atoms with Crippen molar-refractivity contribution in [3.63, 3.8) is 0 Å². The first kappa shape index (κ1) is 15.3. The van der Waals surface area contributed by atoms with Crippen molar-refractivity contribution < 1.29 is 4.39 Å². The van der Waals surface area contributed by atoms with Gasteiger partial charge in [0.1, 0.15) is 17.5 Å². The number of H-pyrrole nitrogens is 1. The molecule has 126 valence electrons. The van der Waals surface area contributed by atoms with Gasteiger partial charge < -0.3 is 5.32 Å². The predicted molar refractivity (Wildman–Crippen MR) is 91.5 cm³/mol. The summed E-state index contributed by atoms with van der Waals surface area (Å²) < 4.78 is 14.9. The van der Waals surface area contributed by atoms with Crippen molar-refractivity contribution in [3.8, 4) is 11.3 Å². The van der Waals surface area contributed by atoms with Crippen LogP contribution in [0.2, 0.25) is 0 Å². The number of aromatic nitrogens is 6. The highest BCUT2D eigenvalue weighted by atomic mass is 19.1. The Morgan fingerprint density at radius 2 is 1.96 bits per heavy atom. The largest absolute Gasteiger partial charge is 0.360 e. The number of benzene rings is 1. The van der Waals surface area contributed by atoms with E-state index < -0.39 is 0 Å². The highest BCUT2D eigenvalue weighted by Gasteiger charge is 2.14. The van der Waals surface area contributed by atoms with Gasteiger partial charge in [-0.2, -0.15) is 14.7 Å². The molecule has 0 fully saturated rings. The molecule has 0 aliphatic carbocycles. The van der Waals surface area contributed by atoms with Crippen LogP contribution in [0.25, 0.3) is 16.9 Å². The van der Waals surface area contributed by atoms with Crippen LogP contribution in [0.3, 0.4) is 0 Å². The molecule has 4 aromatic rings. The number of anilines is 1. The first-order valence-electron chi connectivity index (χ1n) is 7.86. The van der Waals surface area contributed by atoms with Gasteiger partial charge in [-0.15, -0.1) is 0 Å². The number of hydrogen-bond donors (Lipinski definition) is 2. The van der Waals surface area contributed by atoms with Crippen molar-refractivity contribution in [1.29, 1.82) is 0 Å². The maximum Gasteiger partial charge on any atom is 0.172 e. The molecule has 0 aliphatic heterocycles. The van der Waals surface area contributed by atoms with E-state index in [2.05, 4.69) is 30.6 Å². The minimum atomic E-state index is -0.277. The second kappa shape index (κ2) is 5.97. The van der Waals surface area contributed by atoms with E-state index in [1.807, 2.05) is 26.0 Å². The van der Waals surface area contributed by atoms with Gasteiger partial charge in [-0.05, 0) is 38.1 Å². The molecule has 0 spiro atoms. The Bertz CT molecular complexity index is 1020. The fourth-order valence-electron chi connectivity index (χ4n) is 2.62. The fraction of sp³-hybridized carbons (Fsp3) is 0.176. The van der Waals surface area contributed by atoms with Gasteiger partial charge >= 0.3 is 0 Å². The van der Waals surface area contributed by atoms with Crippen LogP contribution in [-0.4, -0.2) is 29.8 Å². The smallest absolute Gasteiger partial charge is 0.172 e. The Hall–Kier alpha value is -3.29. The maximum atomic E-state index is 13.2. The van der Waals surface area contributed by atoms with E-state index in [0.29, 0.717) is 11.5 Å². The van der Waals surface area contributed by atoms with E-state index in [9.17, 15) is 4.39 Å². The fourth-order valence-corrected chi connectivity index (χ4v) is 2.62. The quantitative estimate of drug-likeness (QED) is 0.598. The number of aryl methyl sites for hydroxylation is 1. The molecule has 0 unspecified atom stereocenters. The summed E-state index contributed by atoms with van der Waals surface area (Å²) in [6.07, 6.45) is 1.68. The summed E-state index contributed by atoms with van der Waals surface area (Å²) in [6.45, 7) is 3.82. The van der Waals surface area contributed by atoms with Crippen LogP contribution < -0.4 is 5.32 Å². The first-order chi connectivity index (χ1) is 12.1. The van der Waals surface area contributed by atoms with E-state index in [1.165, 1.54) is 12.1 Å². The third-order valence-corrected chi connectivity index (χ3v) is 3.87. The Balaban J connectivity index is 1.74. The van der Waals surface area contributed by atoms with Crippen LogP contribution in [0, 0.1) is 12.7 Å². The average molecular weight is 337 g/mol. The van der Waals surface area contributed by atoms with Crippen LogP contribution in [0.4, 0.5) is 10.2 Å². The van der Waals surface area contributed by atoms with Crippen molar-refractivity contribution in [2.24, 2.45) is 0 Å². The molecule has 2 N–H and O–H groups in total. The first-order valence-corrected chi connectivity index (χ1v) is 7.86. The molecule has 0 aliphatic rings. The molecule has 7 nitrogen and oxygen atoms in total. The van der Waals surface area contributed by atoms with E-state index in [1.54, 1.807) is 22.8 Å². The molecule has 0 radical (unpaired) electrons. The molecule has 0 saturated heterocycles. The summed E-state index contributed by atoms with van der Waals surface area (Å²) >= 11 is 0. The molecule has 8 heteroatoms. The number of hydrogen-bond acceptors (Lipinski definition) is 5. The van der Waals surface area contributed by atoms with Gasteiger partial charge in [0.15, 0.2) is 11.5 Å². The van der Waals surface area contributed by atoms with Crippen molar-refractivity contribution in [1.82, 2.24) is 29.8 Å². The van der Waals surface area contributed by atoms with Gasteiger partial charge in [0.2, 0.25) is 0 Å². The maximum absolute atomic E-state index is 13.2. The lowest BCUT2D eigenvalue weighted by Crippen LogP contribution is -2.12. The molecular weight excluding hydrogens is 321 g/mol. The van der Waals surface area contributed by atoms with Gasteiger partial charge in [-0.1, -0.05) is 0 Å². The second-order valence-electron chi connectivity index (χ2n) is 5.78. The zero-order valence-corrected chi connectivity index (χ0v) is 13.7. The topological polar surface area (TPSA) is 83.8 Å². The predicted octanol–water partition coefficient (Wildman–Crippen LogP) is 3.14. The summed E-state index contributed by atoms with van der Waals surface area (Å²) in [7, 11) is 0. The Morgan fingerprint density at radius 1 is 1.16 bits per heavy atom. The normalized spacial score (nSPS) is 12.4. The number of nitrogens with zero attached hydrogens (tertiary/aromatic N) is 5. The van der Waals surface area contributed by atoms with Gasteiger partial charge in [0.25, 0.3) is 0 Å². The molecule has 1 atom stereocenters. The van der Waals surface area contributed by atoms with E-state index in [0.717, 1.165) is 22.9 Å². The van der Waals surface area contributed by atoms with E-state index in [4.69, 9.17) is 0 Å². The standard InChI is InChI=1S/C17H16FN7/c1-10(17-21-11(2)23-24-17)20-16-9-14(12-3-5-13(18)6-4-12)22-15-7-8-19-25(15)16/h3-10,20H,1-2H3,(H,21,23,24)/t10-/m0/s1. The molecular formula is C17H16FN7. The Labute approximate surface area is 142 Å². The summed E-state index contributed by atoms with van der Waals surface area (Å²) in [4.78, 5) is 8.93. The number of nitrogens with one attached hydrogen (secondary N) is 2. The van der Waals surface area contributed by atoms with Crippen LogP contribution in [0.15, 0.2) is 42.6 Å². The molecule has 4 rings (SSSR count). The average Bonchev–Trinajstić information content (AvgIpc) is 3.24. The molecule has 0 bridgehead atoms. The molecule has 25 heavy (non-hydrogen) atoms. The van der Waals surface area contributed by atoms with Crippen molar-refractivity contribution >= 4 is 11.5 Å². The lowest BCUT2D eigenvalue weighted by atomic mass is 10.1. The number of halogens is 1. The monoisotopic (exact) mass is 337 g/mol. The van der Waals surface area contributed by atoms with E-state index in [-0.39, 0.29) is 11.9 Å². The third-order valence-electron chi connectivity index (χ3n) is 3.87. The zero-order chi connectivity index (χ0) is 17.4. The van der Waals surface area contributed by atoms with Crippen molar-refractivity contribution in [2.45, 2.75) is 19.9 Å². The molecule has 0 amide bonds. The molecule has 0 saturated carbocycles. The van der Waals surface area contributed by atoms with Crippen LogP contribution >= 0.6 is 0 Å². The van der Waals surface area contributed by atoms with Crippen molar-refractivity contribution in [3.05, 3.63) is 60.1 Å². The number of fused-ring (bicyclic) bond motifs is 1. The number of aromatic amines is 1. The third kappa shape index (κ3) is 2.93. The van der Waals surface area contributed by atoms with Crippen LogP contribution in [0.1, 0.15) is 24.6 Å². The van der Waals surface area contributed by atoms with Gasteiger partial charge in [0, 0.05) is 17.7 Å². The van der Waals surface area contributed by atoms with Gasteiger partial charge in [0.05, 0.1) is 17.9 Å². The second-order valence-corrected chi connectivity index (χ2v) is 5.78.